The van der Waals surface area contributed by atoms with Crippen molar-refractivity contribution in [2.24, 2.45) is 0 Å². The Balaban J connectivity index is 2.46. The predicted molar refractivity (Wildman–Crippen MR) is 47.5 cm³/mol. The van der Waals surface area contributed by atoms with Crippen LogP contribution < -0.4 is 0 Å². The monoisotopic (exact) mass is 154 g/mol. The number of aliphatic hydroxyl groups excluding tert-OH is 1. The lowest BCUT2D eigenvalue weighted by Crippen LogP contribution is -2.07. The second kappa shape index (κ2) is 4.55. The molecule has 1 atom stereocenters. The van der Waals surface area contributed by atoms with E-state index in [2.05, 4.69) is 6.08 Å². The Morgan fingerprint density at radius 3 is 3.00 bits per heavy atom. The van der Waals surface area contributed by atoms with Gasteiger partial charge in [0.15, 0.2) is 0 Å². The van der Waals surface area contributed by atoms with Gasteiger partial charge in [-0.05, 0) is 37.7 Å². The molecular formula is C10H18O. The fraction of sp³-hybridized carbons (Fsp3) is 0.800. The fourth-order valence-electron chi connectivity index (χ4n) is 1.60. The molecule has 0 aromatic carbocycles. The van der Waals surface area contributed by atoms with Crippen LogP contribution in [-0.2, 0) is 0 Å². The van der Waals surface area contributed by atoms with Gasteiger partial charge in [-0.2, -0.15) is 0 Å². The van der Waals surface area contributed by atoms with Crippen molar-refractivity contribution in [3.05, 3.63) is 11.6 Å². The topological polar surface area (TPSA) is 20.2 Å². The third-order valence-corrected chi connectivity index (χ3v) is 2.39. The van der Waals surface area contributed by atoms with Gasteiger partial charge < -0.3 is 5.11 Å². The van der Waals surface area contributed by atoms with E-state index in [1.54, 1.807) is 0 Å². The van der Waals surface area contributed by atoms with Crippen LogP contribution in [0.25, 0.3) is 0 Å². The molecule has 1 aliphatic rings. The van der Waals surface area contributed by atoms with E-state index < -0.39 is 0 Å². The molecule has 0 radical (unpaired) electrons. The van der Waals surface area contributed by atoms with E-state index in [9.17, 15) is 5.11 Å². The van der Waals surface area contributed by atoms with Crippen molar-refractivity contribution < 1.29 is 5.11 Å². The van der Waals surface area contributed by atoms with Gasteiger partial charge in [-0.1, -0.05) is 19.4 Å². The van der Waals surface area contributed by atoms with Gasteiger partial charge in [-0.3, -0.25) is 0 Å². The highest BCUT2D eigenvalue weighted by atomic mass is 16.3. The van der Waals surface area contributed by atoms with Crippen LogP contribution in [0.3, 0.4) is 0 Å². The summed E-state index contributed by atoms with van der Waals surface area (Å²) >= 11 is 0. The van der Waals surface area contributed by atoms with Gasteiger partial charge in [0.25, 0.3) is 0 Å². The largest absolute Gasteiger partial charge is 0.389 e. The molecule has 0 aromatic rings. The summed E-state index contributed by atoms with van der Waals surface area (Å²) in [4.78, 5) is 0. The minimum Gasteiger partial charge on any atom is -0.389 e. The summed E-state index contributed by atoms with van der Waals surface area (Å²) < 4.78 is 0. The van der Waals surface area contributed by atoms with Crippen LogP contribution in [0, 0.1) is 0 Å². The molecule has 0 aliphatic heterocycles. The average Bonchev–Trinajstić information content (AvgIpc) is 2.30. The summed E-state index contributed by atoms with van der Waals surface area (Å²) in [5.41, 5.74) is 1.28. The standard InChI is InChI=1S/C10H18O/c1-2-10(11)9-7-5-3-4-6-8-9/h7,10-11H,2-6,8H2,1H3/t10-/m0/s1. The number of aliphatic hydroxyl groups is 1. The average molecular weight is 154 g/mol. The third-order valence-electron chi connectivity index (χ3n) is 2.39. The van der Waals surface area contributed by atoms with E-state index in [4.69, 9.17) is 0 Å². The molecule has 1 rings (SSSR count). The van der Waals surface area contributed by atoms with Gasteiger partial charge >= 0.3 is 0 Å². The number of rotatable bonds is 2. The second-order valence-corrected chi connectivity index (χ2v) is 3.30. The minimum absolute atomic E-state index is 0.159. The molecule has 1 nitrogen and oxygen atoms in total. The molecule has 1 heteroatoms. The van der Waals surface area contributed by atoms with Gasteiger partial charge in [-0.15, -0.1) is 0 Å². The van der Waals surface area contributed by atoms with Crippen LogP contribution in [0.1, 0.15) is 45.4 Å². The fourth-order valence-corrected chi connectivity index (χ4v) is 1.60. The Labute approximate surface area is 69.1 Å². The van der Waals surface area contributed by atoms with Crippen molar-refractivity contribution in [2.75, 3.05) is 0 Å². The number of hydrogen-bond donors (Lipinski definition) is 1. The maximum atomic E-state index is 9.54. The maximum Gasteiger partial charge on any atom is 0.0747 e. The van der Waals surface area contributed by atoms with Gasteiger partial charge in [0.1, 0.15) is 0 Å². The second-order valence-electron chi connectivity index (χ2n) is 3.30. The molecule has 64 valence electrons. The van der Waals surface area contributed by atoms with Crippen molar-refractivity contribution in [2.45, 2.75) is 51.6 Å². The highest BCUT2D eigenvalue weighted by molar-refractivity contribution is 5.08. The molecule has 0 fully saturated rings. The van der Waals surface area contributed by atoms with E-state index in [-0.39, 0.29) is 6.10 Å². The minimum atomic E-state index is -0.159. The Bertz CT molecular complexity index is 138. The van der Waals surface area contributed by atoms with Crippen molar-refractivity contribution >= 4 is 0 Å². The van der Waals surface area contributed by atoms with Crippen LogP contribution >= 0.6 is 0 Å². The summed E-state index contributed by atoms with van der Waals surface area (Å²) in [6, 6.07) is 0. The van der Waals surface area contributed by atoms with E-state index in [1.807, 2.05) is 6.92 Å². The first-order valence-corrected chi connectivity index (χ1v) is 4.71. The Morgan fingerprint density at radius 1 is 1.45 bits per heavy atom. The molecule has 0 saturated carbocycles. The van der Waals surface area contributed by atoms with Crippen molar-refractivity contribution in [3.63, 3.8) is 0 Å². The smallest absolute Gasteiger partial charge is 0.0747 e. The van der Waals surface area contributed by atoms with E-state index in [1.165, 1.54) is 31.3 Å². The zero-order valence-electron chi connectivity index (χ0n) is 7.34. The Kier molecular flexibility index (Phi) is 3.64. The molecule has 0 amide bonds. The summed E-state index contributed by atoms with van der Waals surface area (Å²) in [5, 5.41) is 9.54. The quantitative estimate of drug-likeness (QED) is 0.606. The Morgan fingerprint density at radius 2 is 2.27 bits per heavy atom. The summed E-state index contributed by atoms with van der Waals surface area (Å²) in [5.74, 6) is 0. The van der Waals surface area contributed by atoms with Crippen molar-refractivity contribution in [1.29, 1.82) is 0 Å². The predicted octanol–water partition coefficient (Wildman–Crippen LogP) is 2.65. The van der Waals surface area contributed by atoms with Gasteiger partial charge in [0, 0.05) is 0 Å². The molecule has 1 aliphatic carbocycles. The van der Waals surface area contributed by atoms with Crippen LogP contribution in [0.15, 0.2) is 11.6 Å². The van der Waals surface area contributed by atoms with Crippen molar-refractivity contribution in [1.82, 2.24) is 0 Å². The maximum absolute atomic E-state index is 9.54. The van der Waals surface area contributed by atoms with Crippen LogP contribution in [0.2, 0.25) is 0 Å². The van der Waals surface area contributed by atoms with Crippen LogP contribution in [0.5, 0.6) is 0 Å². The van der Waals surface area contributed by atoms with Crippen LogP contribution in [-0.4, -0.2) is 11.2 Å². The van der Waals surface area contributed by atoms with E-state index in [0.717, 1.165) is 12.8 Å². The normalized spacial score (nSPS) is 22.2. The number of hydrogen-bond acceptors (Lipinski definition) is 1. The lowest BCUT2D eigenvalue weighted by molar-refractivity contribution is 0.202. The first-order chi connectivity index (χ1) is 5.34. The zero-order chi connectivity index (χ0) is 8.10. The van der Waals surface area contributed by atoms with Crippen LogP contribution in [0.4, 0.5) is 0 Å². The highest BCUT2D eigenvalue weighted by Gasteiger charge is 2.09. The summed E-state index contributed by atoms with van der Waals surface area (Å²) in [6.45, 7) is 2.04. The molecule has 0 bridgehead atoms. The molecule has 11 heavy (non-hydrogen) atoms. The van der Waals surface area contributed by atoms with Gasteiger partial charge in [0.2, 0.25) is 0 Å². The first-order valence-electron chi connectivity index (χ1n) is 4.71. The molecule has 0 aromatic heterocycles. The number of allylic oxidation sites excluding steroid dienone is 1. The third kappa shape index (κ3) is 2.66. The summed E-state index contributed by atoms with van der Waals surface area (Å²) in [7, 11) is 0. The zero-order valence-corrected chi connectivity index (χ0v) is 7.34. The lowest BCUT2D eigenvalue weighted by Gasteiger charge is -2.10. The molecular weight excluding hydrogens is 136 g/mol. The lowest BCUT2D eigenvalue weighted by atomic mass is 10.0. The van der Waals surface area contributed by atoms with Gasteiger partial charge in [0.05, 0.1) is 6.10 Å². The highest BCUT2D eigenvalue weighted by Crippen LogP contribution is 2.20. The molecule has 0 heterocycles. The van der Waals surface area contributed by atoms with E-state index in [0.29, 0.717) is 0 Å². The van der Waals surface area contributed by atoms with Gasteiger partial charge in [-0.25, -0.2) is 0 Å². The molecule has 1 N–H and O–H groups in total. The SMILES string of the molecule is CC[C@H](O)C1=CCCCCC1. The van der Waals surface area contributed by atoms with Crippen molar-refractivity contribution in [3.8, 4) is 0 Å². The van der Waals surface area contributed by atoms with E-state index >= 15 is 0 Å². The summed E-state index contributed by atoms with van der Waals surface area (Å²) in [6.07, 6.45) is 9.14. The molecule has 0 spiro atoms. The molecule has 0 unspecified atom stereocenters. The molecule has 0 saturated heterocycles. The first kappa shape index (κ1) is 8.79. The Hall–Kier alpha value is -0.300.